The van der Waals surface area contributed by atoms with Gasteiger partial charge in [-0.05, 0) is 32.1 Å². The van der Waals surface area contributed by atoms with Crippen molar-refractivity contribution in [2.45, 2.75) is 44.6 Å². The summed E-state index contributed by atoms with van der Waals surface area (Å²) < 4.78 is 5.47. The fourth-order valence-electron chi connectivity index (χ4n) is 2.93. The van der Waals surface area contributed by atoms with Gasteiger partial charge in [0.2, 0.25) is 5.91 Å². The fraction of sp³-hybridized carbons (Fsp3) is 0.846. The summed E-state index contributed by atoms with van der Waals surface area (Å²) in [5.41, 5.74) is 0. The van der Waals surface area contributed by atoms with Crippen LogP contribution in [0.4, 0.5) is 0 Å². The van der Waals surface area contributed by atoms with Crippen LogP contribution in [0.1, 0.15) is 38.5 Å². The van der Waals surface area contributed by atoms with Gasteiger partial charge >= 0.3 is 5.97 Å². The van der Waals surface area contributed by atoms with Crippen molar-refractivity contribution in [3.8, 4) is 0 Å². The molecule has 0 spiro atoms. The normalized spacial score (nSPS) is 31.4. The highest BCUT2D eigenvalue weighted by Gasteiger charge is 2.37. The van der Waals surface area contributed by atoms with Gasteiger partial charge in [-0.3, -0.25) is 9.59 Å². The molecule has 0 aromatic carbocycles. The number of amides is 1. The van der Waals surface area contributed by atoms with Gasteiger partial charge in [0.15, 0.2) is 0 Å². The van der Waals surface area contributed by atoms with E-state index in [2.05, 4.69) is 5.32 Å². The minimum atomic E-state index is -0.841. The third-order valence-corrected chi connectivity index (χ3v) is 3.96. The molecule has 2 rings (SSSR count). The maximum absolute atomic E-state index is 11.9. The van der Waals surface area contributed by atoms with Gasteiger partial charge in [-0.1, -0.05) is 6.42 Å². The molecule has 3 atom stereocenters. The molecule has 0 aromatic rings. The molecule has 2 fully saturated rings. The van der Waals surface area contributed by atoms with Gasteiger partial charge in [-0.15, -0.1) is 0 Å². The second-order valence-corrected chi connectivity index (χ2v) is 5.20. The minimum Gasteiger partial charge on any atom is -0.481 e. The average Bonchev–Trinajstić information content (AvgIpc) is 2.99. The van der Waals surface area contributed by atoms with Crippen LogP contribution >= 0.6 is 0 Å². The highest BCUT2D eigenvalue weighted by Crippen LogP contribution is 2.32. The molecule has 0 radical (unpaired) electrons. The van der Waals surface area contributed by atoms with Gasteiger partial charge in [0, 0.05) is 13.2 Å². The first-order chi connectivity index (χ1) is 8.68. The zero-order chi connectivity index (χ0) is 13.0. The fourth-order valence-corrected chi connectivity index (χ4v) is 2.93. The maximum Gasteiger partial charge on any atom is 0.307 e. The van der Waals surface area contributed by atoms with E-state index in [-0.39, 0.29) is 17.9 Å². The Morgan fingerprint density at radius 2 is 1.94 bits per heavy atom. The predicted molar refractivity (Wildman–Crippen MR) is 65.1 cm³/mol. The van der Waals surface area contributed by atoms with Crippen LogP contribution in [0.15, 0.2) is 0 Å². The number of ether oxygens (including phenoxy) is 1. The molecule has 102 valence electrons. The van der Waals surface area contributed by atoms with Crippen molar-refractivity contribution in [2.75, 3.05) is 13.2 Å². The van der Waals surface area contributed by atoms with Crippen LogP contribution in [0, 0.1) is 11.8 Å². The van der Waals surface area contributed by atoms with E-state index in [1.54, 1.807) is 0 Å². The van der Waals surface area contributed by atoms with Crippen molar-refractivity contribution >= 4 is 11.9 Å². The van der Waals surface area contributed by atoms with Crippen molar-refractivity contribution in [1.82, 2.24) is 5.32 Å². The van der Waals surface area contributed by atoms with E-state index in [4.69, 9.17) is 9.84 Å². The topological polar surface area (TPSA) is 75.6 Å². The quantitative estimate of drug-likeness (QED) is 0.773. The predicted octanol–water partition coefficient (Wildman–Crippen LogP) is 1.17. The molecular weight excluding hydrogens is 234 g/mol. The second kappa shape index (κ2) is 6.18. The van der Waals surface area contributed by atoms with E-state index in [0.29, 0.717) is 19.4 Å². The Morgan fingerprint density at radius 1 is 1.17 bits per heavy atom. The molecule has 0 aromatic heterocycles. The molecule has 2 aliphatic rings. The van der Waals surface area contributed by atoms with Crippen molar-refractivity contribution in [1.29, 1.82) is 0 Å². The first kappa shape index (κ1) is 13.3. The van der Waals surface area contributed by atoms with Gasteiger partial charge < -0.3 is 15.2 Å². The number of aliphatic carboxylic acids is 1. The summed E-state index contributed by atoms with van der Waals surface area (Å²) in [7, 11) is 0. The number of rotatable bonds is 5. The summed E-state index contributed by atoms with van der Waals surface area (Å²) in [5, 5.41) is 11.9. The van der Waals surface area contributed by atoms with Gasteiger partial charge in [0.05, 0.1) is 17.9 Å². The van der Waals surface area contributed by atoms with Crippen molar-refractivity contribution in [2.24, 2.45) is 11.8 Å². The Kier molecular flexibility index (Phi) is 4.58. The van der Waals surface area contributed by atoms with E-state index < -0.39 is 11.9 Å². The summed E-state index contributed by atoms with van der Waals surface area (Å²) in [6, 6.07) is 0. The van der Waals surface area contributed by atoms with Crippen LogP contribution in [0.2, 0.25) is 0 Å². The number of carboxylic acid groups (broad SMARTS) is 1. The minimum absolute atomic E-state index is 0.0992. The molecule has 5 heteroatoms. The number of hydrogen-bond donors (Lipinski definition) is 2. The lowest BCUT2D eigenvalue weighted by atomic mass is 9.95. The molecule has 2 N–H and O–H groups in total. The largest absolute Gasteiger partial charge is 0.481 e. The first-order valence-electron chi connectivity index (χ1n) is 6.80. The molecule has 1 aliphatic carbocycles. The molecule has 1 saturated carbocycles. The summed E-state index contributed by atoms with van der Waals surface area (Å²) in [5.74, 6) is -1.77. The van der Waals surface area contributed by atoms with Crippen LogP contribution in [-0.4, -0.2) is 36.2 Å². The molecule has 3 unspecified atom stereocenters. The monoisotopic (exact) mass is 255 g/mol. The van der Waals surface area contributed by atoms with Crippen LogP contribution in [0.3, 0.4) is 0 Å². The summed E-state index contributed by atoms with van der Waals surface area (Å²) in [6.45, 7) is 1.41. The van der Waals surface area contributed by atoms with E-state index in [9.17, 15) is 9.59 Å². The van der Waals surface area contributed by atoms with E-state index >= 15 is 0 Å². The Morgan fingerprint density at radius 3 is 2.61 bits per heavy atom. The number of carbonyl (C=O) groups excluding carboxylic acids is 1. The molecule has 1 saturated heterocycles. The molecule has 0 bridgehead atoms. The van der Waals surface area contributed by atoms with Gasteiger partial charge in [-0.2, -0.15) is 0 Å². The smallest absolute Gasteiger partial charge is 0.307 e. The lowest BCUT2D eigenvalue weighted by molar-refractivity contribution is -0.146. The van der Waals surface area contributed by atoms with Crippen LogP contribution < -0.4 is 5.32 Å². The third-order valence-electron chi connectivity index (χ3n) is 3.96. The van der Waals surface area contributed by atoms with Crippen molar-refractivity contribution in [3.63, 3.8) is 0 Å². The molecule has 18 heavy (non-hydrogen) atoms. The SMILES string of the molecule is O=C(O)C1CCCC1C(=O)NCCC1CCCO1. The Balaban J connectivity index is 1.71. The third kappa shape index (κ3) is 3.22. The highest BCUT2D eigenvalue weighted by molar-refractivity contribution is 5.85. The van der Waals surface area contributed by atoms with Gasteiger partial charge in [-0.25, -0.2) is 0 Å². The zero-order valence-electron chi connectivity index (χ0n) is 10.6. The van der Waals surface area contributed by atoms with Crippen molar-refractivity contribution < 1.29 is 19.4 Å². The second-order valence-electron chi connectivity index (χ2n) is 5.20. The zero-order valence-corrected chi connectivity index (χ0v) is 10.6. The Hall–Kier alpha value is -1.10. The standard InChI is InChI=1S/C13H21NO4/c15-12(10-4-1-5-11(10)13(16)17)14-7-6-9-3-2-8-18-9/h9-11H,1-8H2,(H,14,15)(H,16,17). The lowest BCUT2D eigenvalue weighted by Crippen LogP contribution is -2.36. The average molecular weight is 255 g/mol. The van der Waals surface area contributed by atoms with Gasteiger partial charge in [0.25, 0.3) is 0 Å². The van der Waals surface area contributed by atoms with E-state index in [0.717, 1.165) is 32.3 Å². The van der Waals surface area contributed by atoms with Crippen LogP contribution in [0.25, 0.3) is 0 Å². The summed E-state index contributed by atoms with van der Waals surface area (Å²) in [4.78, 5) is 22.9. The summed E-state index contributed by atoms with van der Waals surface area (Å²) in [6.07, 6.45) is 5.42. The number of carbonyl (C=O) groups is 2. The number of hydrogen-bond acceptors (Lipinski definition) is 3. The Bertz CT molecular complexity index is 312. The van der Waals surface area contributed by atoms with E-state index in [1.807, 2.05) is 0 Å². The van der Waals surface area contributed by atoms with Crippen LogP contribution in [0.5, 0.6) is 0 Å². The molecule has 1 aliphatic heterocycles. The first-order valence-corrected chi connectivity index (χ1v) is 6.80. The molecule has 1 amide bonds. The molecule has 5 nitrogen and oxygen atoms in total. The van der Waals surface area contributed by atoms with Crippen LogP contribution in [-0.2, 0) is 14.3 Å². The molecule has 1 heterocycles. The van der Waals surface area contributed by atoms with E-state index in [1.165, 1.54) is 0 Å². The number of carboxylic acids is 1. The summed E-state index contributed by atoms with van der Waals surface area (Å²) >= 11 is 0. The Labute approximate surface area is 107 Å². The maximum atomic E-state index is 11.9. The lowest BCUT2D eigenvalue weighted by Gasteiger charge is -2.16. The van der Waals surface area contributed by atoms with Gasteiger partial charge in [0.1, 0.15) is 0 Å². The van der Waals surface area contributed by atoms with Crippen molar-refractivity contribution in [3.05, 3.63) is 0 Å². The highest BCUT2D eigenvalue weighted by atomic mass is 16.5. The molecular formula is C13H21NO4. The number of nitrogens with one attached hydrogen (secondary N) is 1.